The molecule has 0 aromatic rings. The topological polar surface area (TPSA) is 26.3 Å². The third-order valence-corrected chi connectivity index (χ3v) is 4.27. The third kappa shape index (κ3) is 5.95. The standard InChI is InChI=1S/C11H19O2P/c1-4-7-10-14(12,11-8-5-2)13-9-6-3/h4-6H,1-3,7-11H2. The first-order chi connectivity index (χ1) is 6.68. The van der Waals surface area contributed by atoms with E-state index in [1.54, 1.807) is 18.2 Å². The van der Waals surface area contributed by atoms with Gasteiger partial charge in [0, 0.05) is 12.3 Å². The molecule has 0 atom stereocenters. The van der Waals surface area contributed by atoms with E-state index in [1.165, 1.54) is 0 Å². The minimum absolute atomic E-state index is 0.353. The van der Waals surface area contributed by atoms with Gasteiger partial charge >= 0.3 is 0 Å². The van der Waals surface area contributed by atoms with Crippen molar-refractivity contribution in [1.82, 2.24) is 0 Å². The molecule has 3 heteroatoms. The van der Waals surface area contributed by atoms with Crippen LogP contribution < -0.4 is 0 Å². The van der Waals surface area contributed by atoms with Crippen LogP contribution in [0.1, 0.15) is 12.8 Å². The lowest BCUT2D eigenvalue weighted by Crippen LogP contribution is -1.99. The van der Waals surface area contributed by atoms with Gasteiger partial charge in [-0.15, -0.1) is 19.7 Å². The summed E-state index contributed by atoms with van der Waals surface area (Å²) < 4.78 is 17.4. The molecule has 2 nitrogen and oxygen atoms in total. The molecule has 0 spiro atoms. The maximum Gasteiger partial charge on any atom is 0.204 e. The van der Waals surface area contributed by atoms with Crippen LogP contribution in [0.3, 0.4) is 0 Å². The van der Waals surface area contributed by atoms with E-state index in [2.05, 4.69) is 19.7 Å². The summed E-state index contributed by atoms with van der Waals surface area (Å²) in [4.78, 5) is 0. The van der Waals surface area contributed by atoms with Gasteiger partial charge < -0.3 is 4.52 Å². The van der Waals surface area contributed by atoms with Crippen LogP contribution in [-0.2, 0) is 9.09 Å². The number of hydrogen-bond donors (Lipinski definition) is 0. The smallest absolute Gasteiger partial charge is 0.204 e. The Morgan fingerprint density at radius 2 is 1.50 bits per heavy atom. The molecule has 0 amide bonds. The first kappa shape index (κ1) is 13.4. The molecule has 0 heterocycles. The van der Waals surface area contributed by atoms with Gasteiger partial charge in [-0.2, -0.15) is 0 Å². The Morgan fingerprint density at radius 1 is 1.00 bits per heavy atom. The summed E-state index contributed by atoms with van der Waals surface area (Å²) in [6.07, 6.45) is 7.73. The van der Waals surface area contributed by atoms with Gasteiger partial charge in [-0.1, -0.05) is 18.2 Å². The van der Waals surface area contributed by atoms with Crippen molar-refractivity contribution in [1.29, 1.82) is 0 Å². The van der Waals surface area contributed by atoms with Crippen molar-refractivity contribution in [2.75, 3.05) is 18.9 Å². The zero-order valence-electron chi connectivity index (χ0n) is 8.65. The van der Waals surface area contributed by atoms with Crippen LogP contribution >= 0.6 is 7.37 Å². The van der Waals surface area contributed by atoms with E-state index in [-0.39, 0.29) is 0 Å². The molecule has 0 saturated carbocycles. The van der Waals surface area contributed by atoms with E-state index >= 15 is 0 Å². The second kappa shape index (κ2) is 7.78. The lowest BCUT2D eigenvalue weighted by molar-refractivity contribution is 0.352. The number of rotatable bonds is 9. The van der Waals surface area contributed by atoms with E-state index in [0.29, 0.717) is 18.9 Å². The van der Waals surface area contributed by atoms with Crippen molar-refractivity contribution in [3.63, 3.8) is 0 Å². The van der Waals surface area contributed by atoms with Crippen LogP contribution in [0.25, 0.3) is 0 Å². The van der Waals surface area contributed by atoms with Gasteiger partial charge in [0.05, 0.1) is 6.61 Å². The molecule has 0 aliphatic carbocycles. The Hall–Kier alpha value is -0.590. The zero-order chi connectivity index (χ0) is 10.9. The monoisotopic (exact) mass is 214 g/mol. The summed E-state index contributed by atoms with van der Waals surface area (Å²) in [5.74, 6) is 0. The van der Waals surface area contributed by atoms with Gasteiger partial charge in [-0.05, 0) is 12.8 Å². The highest BCUT2D eigenvalue weighted by atomic mass is 31.2. The van der Waals surface area contributed by atoms with Gasteiger partial charge in [0.2, 0.25) is 7.37 Å². The van der Waals surface area contributed by atoms with E-state index < -0.39 is 7.37 Å². The molecule has 80 valence electrons. The average molecular weight is 214 g/mol. The molecule has 0 N–H and O–H groups in total. The molecule has 0 saturated heterocycles. The molecule has 0 radical (unpaired) electrons. The fourth-order valence-electron chi connectivity index (χ4n) is 1.01. The Morgan fingerprint density at radius 3 is 1.86 bits per heavy atom. The second-order valence-corrected chi connectivity index (χ2v) is 5.78. The van der Waals surface area contributed by atoms with Crippen molar-refractivity contribution in [3.05, 3.63) is 38.0 Å². The first-order valence-electron chi connectivity index (χ1n) is 4.74. The zero-order valence-corrected chi connectivity index (χ0v) is 9.55. The minimum Gasteiger partial charge on any atom is -0.324 e. The van der Waals surface area contributed by atoms with Crippen molar-refractivity contribution < 1.29 is 9.09 Å². The van der Waals surface area contributed by atoms with Crippen LogP contribution in [0.4, 0.5) is 0 Å². The summed E-state index contributed by atoms with van der Waals surface area (Å²) in [7, 11) is -2.48. The summed E-state index contributed by atoms with van der Waals surface area (Å²) in [5, 5.41) is 0. The molecule has 0 unspecified atom stereocenters. The van der Waals surface area contributed by atoms with Crippen LogP contribution in [-0.4, -0.2) is 18.9 Å². The van der Waals surface area contributed by atoms with Gasteiger partial charge in [0.25, 0.3) is 0 Å². The average Bonchev–Trinajstić information content (AvgIpc) is 2.21. The lowest BCUT2D eigenvalue weighted by Gasteiger charge is -2.16. The molecule has 14 heavy (non-hydrogen) atoms. The summed E-state index contributed by atoms with van der Waals surface area (Å²) >= 11 is 0. The molecule has 0 aromatic heterocycles. The highest BCUT2D eigenvalue weighted by Crippen LogP contribution is 2.48. The van der Waals surface area contributed by atoms with Gasteiger partial charge in [0.15, 0.2) is 0 Å². The molecule has 0 aliphatic heterocycles. The van der Waals surface area contributed by atoms with Crippen LogP contribution in [0.5, 0.6) is 0 Å². The maximum atomic E-state index is 12.1. The fraction of sp³-hybridized carbons (Fsp3) is 0.455. The fourth-order valence-corrected chi connectivity index (χ4v) is 3.02. The predicted molar refractivity (Wildman–Crippen MR) is 63.1 cm³/mol. The number of hydrogen-bond acceptors (Lipinski definition) is 2. The van der Waals surface area contributed by atoms with E-state index in [1.807, 2.05) is 0 Å². The van der Waals surface area contributed by atoms with E-state index in [9.17, 15) is 4.57 Å². The minimum atomic E-state index is -2.48. The summed E-state index contributed by atoms with van der Waals surface area (Å²) in [6.45, 7) is 11.1. The Bertz CT molecular complexity index is 195. The Balaban J connectivity index is 4.15. The second-order valence-electron chi connectivity index (χ2n) is 3.00. The predicted octanol–water partition coefficient (Wildman–Crippen LogP) is 3.62. The highest BCUT2D eigenvalue weighted by molar-refractivity contribution is 7.58. The molecule has 0 rings (SSSR count). The highest BCUT2D eigenvalue weighted by Gasteiger charge is 2.20. The molecule has 0 bridgehead atoms. The first-order valence-corrected chi connectivity index (χ1v) is 6.73. The van der Waals surface area contributed by atoms with Crippen molar-refractivity contribution in [2.24, 2.45) is 0 Å². The third-order valence-electron chi connectivity index (χ3n) is 1.78. The van der Waals surface area contributed by atoms with Gasteiger partial charge in [0.1, 0.15) is 0 Å². The number of allylic oxidation sites excluding steroid dienone is 2. The van der Waals surface area contributed by atoms with Crippen LogP contribution in [0, 0.1) is 0 Å². The van der Waals surface area contributed by atoms with Crippen molar-refractivity contribution in [2.45, 2.75) is 12.8 Å². The molecule has 0 aliphatic rings. The van der Waals surface area contributed by atoms with E-state index in [4.69, 9.17) is 4.52 Å². The molecule has 0 aromatic carbocycles. The van der Waals surface area contributed by atoms with Crippen LogP contribution in [0.15, 0.2) is 38.0 Å². The van der Waals surface area contributed by atoms with Gasteiger partial charge in [-0.25, -0.2) is 0 Å². The molecule has 0 fully saturated rings. The SMILES string of the molecule is C=CCCP(=O)(CCC=C)OCC=C. The molecular formula is C11H19O2P. The normalized spacial score (nSPS) is 10.9. The largest absolute Gasteiger partial charge is 0.324 e. The molecular weight excluding hydrogens is 195 g/mol. The Kier molecular flexibility index (Phi) is 7.45. The quantitative estimate of drug-likeness (QED) is 0.433. The van der Waals surface area contributed by atoms with Gasteiger partial charge in [-0.3, -0.25) is 4.57 Å². The summed E-state index contributed by atoms with van der Waals surface area (Å²) in [6, 6.07) is 0. The van der Waals surface area contributed by atoms with E-state index in [0.717, 1.165) is 12.8 Å². The summed E-state index contributed by atoms with van der Waals surface area (Å²) in [5.41, 5.74) is 0. The maximum absolute atomic E-state index is 12.1. The Labute approximate surface area is 86.8 Å². The van der Waals surface area contributed by atoms with Crippen molar-refractivity contribution >= 4 is 7.37 Å². The lowest BCUT2D eigenvalue weighted by atomic mass is 10.5. The van der Waals surface area contributed by atoms with Crippen LogP contribution in [0.2, 0.25) is 0 Å². The van der Waals surface area contributed by atoms with Crippen molar-refractivity contribution in [3.8, 4) is 0 Å².